The van der Waals surface area contributed by atoms with Gasteiger partial charge in [0.05, 0.1) is 16.8 Å². The van der Waals surface area contributed by atoms with Crippen molar-refractivity contribution in [3.8, 4) is 5.75 Å². The van der Waals surface area contributed by atoms with Gasteiger partial charge in [-0.2, -0.15) is 8.42 Å². The lowest BCUT2D eigenvalue weighted by atomic mass is 10.1. The third kappa shape index (κ3) is 3.87. The van der Waals surface area contributed by atoms with E-state index in [0.717, 1.165) is 0 Å². The van der Waals surface area contributed by atoms with Crippen LogP contribution >= 0.6 is 0 Å². The number of ether oxygens (including phenoxy) is 1. The van der Waals surface area contributed by atoms with Crippen LogP contribution < -0.4 is 20.5 Å². The van der Waals surface area contributed by atoms with Crippen LogP contribution in [0, 0.1) is 0 Å². The van der Waals surface area contributed by atoms with E-state index in [1.165, 1.54) is 4.52 Å². The number of hydrogen-bond acceptors (Lipinski definition) is 8. The van der Waals surface area contributed by atoms with Gasteiger partial charge in [0.15, 0.2) is 11.5 Å². The number of amides is 1. The third-order valence-corrected chi connectivity index (χ3v) is 5.16. The zero-order valence-electron chi connectivity index (χ0n) is 16.0. The highest BCUT2D eigenvalue weighted by molar-refractivity contribution is 7.91. The summed E-state index contributed by atoms with van der Waals surface area (Å²) < 4.78 is 36.5. The van der Waals surface area contributed by atoms with E-state index in [9.17, 15) is 13.2 Å². The Bertz CT molecular complexity index is 1280. The average molecular weight is 430 g/mol. The summed E-state index contributed by atoms with van der Waals surface area (Å²) >= 11 is 0. The summed E-state index contributed by atoms with van der Waals surface area (Å²) in [5, 5.41) is 14.0. The molecule has 1 aliphatic rings. The number of tetrazole rings is 1. The van der Waals surface area contributed by atoms with Gasteiger partial charge in [0.2, 0.25) is 0 Å². The van der Waals surface area contributed by atoms with Gasteiger partial charge in [0, 0.05) is 11.8 Å². The van der Waals surface area contributed by atoms with Crippen LogP contribution in [0.4, 0.5) is 5.69 Å². The van der Waals surface area contributed by atoms with Crippen LogP contribution in [-0.2, 0) is 10.2 Å². The number of benzene rings is 1. The Hall–Kier alpha value is -3.74. The molecule has 0 aliphatic carbocycles. The second-order valence-electron chi connectivity index (χ2n) is 7.26. The molecule has 0 saturated heterocycles. The van der Waals surface area contributed by atoms with Crippen molar-refractivity contribution in [3.05, 3.63) is 47.7 Å². The van der Waals surface area contributed by atoms with Gasteiger partial charge in [-0.05, 0) is 48.5 Å². The summed E-state index contributed by atoms with van der Waals surface area (Å²) in [5.74, 6) is -0.149. The van der Waals surface area contributed by atoms with Crippen molar-refractivity contribution >= 4 is 33.3 Å². The van der Waals surface area contributed by atoms with Gasteiger partial charge in [-0.1, -0.05) is 6.07 Å². The molecule has 4 rings (SSSR count). The number of aromatic nitrogens is 4. The van der Waals surface area contributed by atoms with E-state index in [1.807, 2.05) is 0 Å². The smallest absolute Gasteiger partial charge is 0.344 e. The number of carbonyl (C=O) groups is 1. The minimum atomic E-state index is -3.88. The number of amidine groups is 1. The minimum absolute atomic E-state index is 0.0873. The SMILES string of the molecule is CC(C)(COc1cccc2c1C(N)=NS(=O)(=O)N2)NC(=O)c1ccn2nnnc2c1. The van der Waals surface area contributed by atoms with Crippen molar-refractivity contribution in [1.29, 1.82) is 0 Å². The fourth-order valence-electron chi connectivity index (χ4n) is 2.89. The van der Waals surface area contributed by atoms with Crippen LogP contribution in [0.25, 0.3) is 5.65 Å². The number of anilines is 1. The molecule has 4 N–H and O–H groups in total. The largest absolute Gasteiger partial charge is 0.490 e. The number of nitrogens with one attached hydrogen (secondary N) is 2. The van der Waals surface area contributed by atoms with E-state index in [0.29, 0.717) is 22.5 Å². The first-order chi connectivity index (χ1) is 14.1. The van der Waals surface area contributed by atoms with E-state index >= 15 is 0 Å². The topological polar surface area (TPSA) is 166 Å². The van der Waals surface area contributed by atoms with Gasteiger partial charge < -0.3 is 15.8 Å². The van der Waals surface area contributed by atoms with Crippen molar-refractivity contribution < 1.29 is 17.9 Å². The maximum Gasteiger partial charge on any atom is 0.344 e. The van der Waals surface area contributed by atoms with Crippen LogP contribution in [0.3, 0.4) is 0 Å². The molecule has 30 heavy (non-hydrogen) atoms. The Balaban J connectivity index is 1.49. The predicted octanol–water partition coefficient (Wildman–Crippen LogP) is 0.0873. The van der Waals surface area contributed by atoms with Gasteiger partial charge >= 0.3 is 10.2 Å². The molecule has 0 unspecified atom stereocenters. The summed E-state index contributed by atoms with van der Waals surface area (Å²) in [6.45, 7) is 3.67. The second kappa shape index (κ2) is 6.95. The number of carbonyl (C=O) groups excluding carboxylic acids is 1. The van der Waals surface area contributed by atoms with E-state index in [2.05, 4.69) is 30.0 Å². The molecular weight excluding hydrogens is 412 g/mol. The van der Waals surface area contributed by atoms with Crippen molar-refractivity contribution in [2.45, 2.75) is 19.4 Å². The van der Waals surface area contributed by atoms with Crippen molar-refractivity contribution in [2.24, 2.45) is 10.1 Å². The molecule has 0 fully saturated rings. The van der Waals surface area contributed by atoms with Crippen molar-refractivity contribution in [3.63, 3.8) is 0 Å². The lowest BCUT2D eigenvalue weighted by Gasteiger charge is -2.27. The number of fused-ring (bicyclic) bond motifs is 2. The van der Waals surface area contributed by atoms with Gasteiger partial charge in [-0.15, -0.1) is 9.50 Å². The summed E-state index contributed by atoms with van der Waals surface area (Å²) in [6, 6.07) is 8.01. The van der Waals surface area contributed by atoms with Gasteiger partial charge in [-0.25, -0.2) is 4.52 Å². The highest BCUT2D eigenvalue weighted by atomic mass is 32.2. The summed E-state index contributed by atoms with van der Waals surface area (Å²) in [4.78, 5) is 12.6. The fourth-order valence-corrected chi connectivity index (χ4v) is 3.74. The molecule has 1 aromatic carbocycles. The molecule has 0 atom stereocenters. The number of nitrogens with two attached hydrogens (primary N) is 1. The lowest BCUT2D eigenvalue weighted by Crippen LogP contribution is -2.48. The molecule has 3 heterocycles. The summed E-state index contributed by atoms with van der Waals surface area (Å²) in [5.41, 5.74) is 6.52. The minimum Gasteiger partial charge on any atom is -0.490 e. The normalized spacial score (nSPS) is 15.1. The number of rotatable bonds is 5. The lowest BCUT2D eigenvalue weighted by molar-refractivity contribution is 0.0880. The van der Waals surface area contributed by atoms with E-state index < -0.39 is 15.7 Å². The maximum absolute atomic E-state index is 12.6. The molecule has 156 valence electrons. The van der Waals surface area contributed by atoms with Crippen molar-refractivity contribution in [1.82, 2.24) is 25.4 Å². The zero-order valence-corrected chi connectivity index (χ0v) is 16.8. The van der Waals surface area contributed by atoms with E-state index in [-0.39, 0.29) is 24.0 Å². The average Bonchev–Trinajstić information content (AvgIpc) is 3.12. The molecule has 12 nitrogen and oxygen atoms in total. The Morgan fingerprint density at radius 1 is 1.33 bits per heavy atom. The van der Waals surface area contributed by atoms with Gasteiger partial charge in [0.1, 0.15) is 12.4 Å². The number of pyridine rings is 1. The molecule has 3 aromatic rings. The van der Waals surface area contributed by atoms with E-state index in [1.54, 1.807) is 50.4 Å². The molecule has 13 heteroatoms. The van der Waals surface area contributed by atoms with Crippen LogP contribution in [0.15, 0.2) is 40.9 Å². The van der Waals surface area contributed by atoms with Gasteiger partial charge in [-0.3, -0.25) is 9.52 Å². The Kier molecular flexibility index (Phi) is 4.53. The van der Waals surface area contributed by atoms with Gasteiger partial charge in [0.25, 0.3) is 5.91 Å². The highest BCUT2D eigenvalue weighted by Gasteiger charge is 2.27. The first-order valence-corrected chi connectivity index (χ1v) is 10.2. The Labute approximate surface area is 171 Å². The second-order valence-corrected chi connectivity index (χ2v) is 8.59. The Morgan fingerprint density at radius 2 is 2.13 bits per heavy atom. The zero-order chi connectivity index (χ0) is 21.5. The van der Waals surface area contributed by atoms with Crippen LogP contribution in [0.1, 0.15) is 29.8 Å². The first kappa shape index (κ1) is 19.6. The standard InChI is InChI=1S/C17H18N8O4S/c1-17(2,19-16(26)10-6-7-25-13(8-10)20-23-24-25)9-29-12-5-3-4-11-14(12)15(18)22-30(27,28)21-11/h3-8,21H,9H2,1-2H3,(H2,18,22)(H,19,26). The molecule has 0 bridgehead atoms. The maximum atomic E-state index is 12.6. The van der Waals surface area contributed by atoms with Crippen molar-refractivity contribution in [2.75, 3.05) is 11.3 Å². The molecule has 1 aliphatic heterocycles. The highest BCUT2D eigenvalue weighted by Crippen LogP contribution is 2.30. The Morgan fingerprint density at radius 3 is 2.93 bits per heavy atom. The third-order valence-electron chi connectivity index (χ3n) is 4.24. The molecular formula is C17H18N8O4S. The number of nitrogens with zero attached hydrogens (tertiary/aromatic N) is 5. The first-order valence-electron chi connectivity index (χ1n) is 8.78. The molecule has 0 saturated carbocycles. The van der Waals surface area contributed by atoms with Crippen LogP contribution in [-0.4, -0.2) is 52.3 Å². The predicted molar refractivity (Wildman–Crippen MR) is 108 cm³/mol. The monoisotopic (exact) mass is 430 g/mol. The quantitative estimate of drug-likeness (QED) is 0.512. The molecule has 0 radical (unpaired) electrons. The van der Waals surface area contributed by atoms with E-state index in [4.69, 9.17) is 10.5 Å². The summed E-state index contributed by atoms with van der Waals surface area (Å²) in [7, 11) is -3.88. The number of hydrogen-bond donors (Lipinski definition) is 3. The molecule has 1 amide bonds. The molecule has 0 spiro atoms. The van der Waals surface area contributed by atoms with Crippen LogP contribution in [0.2, 0.25) is 0 Å². The fraction of sp³-hybridized carbons (Fsp3) is 0.235. The molecule has 2 aromatic heterocycles. The van der Waals surface area contributed by atoms with Crippen LogP contribution in [0.5, 0.6) is 5.75 Å². The summed E-state index contributed by atoms with van der Waals surface area (Å²) in [6.07, 6.45) is 1.59.